The van der Waals surface area contributed by atoms with Crippen LogP contribution in [0.5, 0.6) is 0 Å². The van der Waals surface area contributed by atoms with Gasteiger partial charge in [-0.25, -0.2) is 8.78 Å². The van der Waals surface area contributed by atoms with E-state index in [4.69, 9.17) is 16.3 Å². The molecule has 0 aromatic carbocycles. The van der Waals surface area contributed by atoms with Crippen LogP contribution in [0.25, 0.3) is 0 Å². The third-order valence-electron chi connectivity index (χ3n) is 9.36. The van der Waals surface area contributed by atoms with Crippen molar-refractivity contribution in [1.29, 1.82) is 0 Å². The summed E-state index contributed by atoms with van der Waals surface area (Å²) < 4.78 is 36.4. The number of alkyl halides is 2. The third-order valence-corrected chi connectivity index (χ3v) is 9.60. The summed E-state index contributed by atoms with van der Waals surface area (Å²) >= 11 is 6.03. The van der Waals surface area contributed by atoms with Crippen molar-refractivity contribution in [3.63, 3.8) is 0 Å². The van der Waals surface area contributed by atoms with E-state index in [2.05, 4.69) is 0 Å². The number of Topliss-reactive ketones (excluding diaryl/α,β-unsaturated/α-hetero) is 1. The molecular weight excluding hydrogens is 466 g/mol. The van der Waals surface area contributed by atoms with E-state index in [1.54, 1.807) is 6.92 Å². The second kappa shape index (κ2) is 8.51. The Morgan fingerprint density at radius 1 is 1.29 bits per heavy atom. The Morgan fingerprint density at radius 2 is 1.97 bits per heavy atom. The molecule has 3 saturated carbocycles. The van der Waals surface area contributed by atoms with E-state index >= 15 is 4.39 Å². The molecular formula is C26H33ClF2O5. The molecule has 34 heavy (non-hydrogen) atoms. The molecule has 1 N–H and O–H groups in total. The molecule has 0 aliphatic heterocycles. The van der Waals surface area contributed by atoms with Crippen LogP contribution in [0.2, 0.25) is 0 Å². The highest BCUT2D eigenvalue weighted by atomic mass is 35.5. The zero-order valence-corrected chi connectivity index (χ0v) is 20.8. The maximum absolute atomic E-state index is 15.6. The number of carbonyl (C=O) groups excluding carboxylic acids is 3. The fourth-order valence-electron chi connectivity index (χ4n) is 8.15. The molecule has 0 amide bonds. The molecule has 3 fully saturated rings. The van der Waals surface area contributed by atoms with Crippen LogP contribution in [0.1, 0.15) is 59.8 Å². The van der Waals surface area contributed by atoms with Gasteiger partial charge in [-0.1, -0.05) is 33.8 Å². The first-order chi connectivity index (χ1) is 15.9. The molecule has 4 rings (SSSR count). The van der Waals surface area contributed by atoms with E-state index in [-0.39, 0.29) is 42.6 Å². The topological polar surface area (TPSA) is 80.7 Å². The number of hydrogen-bond donors (Lipinski definition) is 1. The van der Waals surface area contributed by atoms with Gasteiger partial charge in [0.15, 0.2) is 17.2 Å². The average Bonchev–Trinajstić information content (AvgIpc) is 2.97. The molecule has 9 atom stereocenters. The largest absolute Gasteiger partial charge is 0.450 e. The first-order valence-corrected chi connectivity index (χ1v) is 12.7. The number of esters is 1. The van der Waals surface area contributed by atoms with E-state index in [0.29, 0.717) is 12.8 Å². The molecule has 5 nitrogen and oxygen atoms in total. The molecule has 0 radical (unpaired) electrons. The van der Waals surface area contributed by atoms with E-state index in [1.807, 2.05) is 20.8 Å². The Bertz CT molecular complexity index is 978. The fourth-order valence-corrected chi connectivity index (χ4v) is 8.35. The van der Waals surface area contributed by atoms with Crippen molar-refractivity contribution in [2.45, 2.75) is 77.7 Å². The molecule has 0 aromatic heterocycles. The summed E-state index contributed by atoms with van der Waals surface area (Å²) in [5, 5.41) is 11.5. The van der Waals surface area contributed by atoms with Crippen LogP contribution >= 0.6 is 11.6 Å². The molecule has 0 unspecified atom stereocenters. The van der Waals surface area contributed by atoms with E-state index in [1.165, 1.54) is 6.08 Å². The van der Waals surface area contributed by atoms with Crippen LogP contribution in [0, 0.1) is 34.5 Å². The number of ketones is 2. The predicted molar refractivity (Wildman–Crippen MR) is 122 cm³/mol. The number of allylic oxidation sites excluding steroid dienone is 4. The van der Waals surface area contributed by atoms with E-state index in [0.717, 1.165) is 6.08 Å². The first kappa shape index (κ1) is 25.5. The van der Waals surface area contributed by atoms with Gasteiger partial charge in [0, 0.05) is 34.7 Å². The molecule has 0 aromatic rings. The molecule has 4 aliphatic rings. The predicted octanol–water partition coefficient (Wildman–Crippen LogP) is 4.65. The monoisotopic (exact) mass is 498 g/mol. The highest BCUT2D eigenvalue weighted by Crippen LogP contribution is 2.69. The number of aliphatic hydroxyl groups is 1. The average molecular weight is 499 g/mol. The van der Waals surface area contributed by atoms with Crippen LogP contribution < -0.4 is 0 Å². The van der Waals surface area contributed by atoms with Crippen molar-refractivity contribution < 1.29 is 33.0 Å². The lowest BCUT2D eigenvalue weighted by atomic mass is 9.45. The van der Waals surface area contributed by atoms with Gasteiger partial charge in [0.25, 0.3) is 0 Å². The lowest BCUT2D eigenvalue weighted by Crippen LogP contribution is -2.64. The highest BCUT2D eigenvalue weighted by molar-refractivity contribution is 6.29. The van der Waals surface area contributed by atoms with Gasteiger partial charge in [0.2, 0.25) is 5.78 Å². The van der Waals surface area contributed by atoms with E-state index < -0.39 is 63.9 Å². The van der Waals surface area contributed by atoms with Crippen molar-refractivity contribution in [3.05, 3.63) is 23.6 Å². The summed E-state index contributed by atoms with van der Waals surface area (Å²) in [6, 6.07) is 0. The second-order valence-corrected chi connectivity index (χ2v) is 11.3. The van der Waals surface area contributed by atoms with Crippen LogP contribution in [0.4, 0.5) is 8.78 Å². The normalized spacial score (nSPS) is 45.5. The lowest BCUT2D eigenvalue weighted by molar-refractivity contribution is -0.204. The van der Waals surface area contributed by atoms with Crippen LogP contribution in [-0.4, -0.2) is 46.4 Å². The lowest BCUT2D eigenvalue weighted by Gasteiger charge is -2.60. The van der Waals surface area contributed by atoms with Gasteiger partial charge >= 0.3 is 5.97 Å². The Hall–Kier alpha value is -1.60. The van der Waals surface area contributed by atoms with Crippen LogP contribution in [0.3, 0.4) is 0 Å². The molecule has 0 bridgehead atoms. The fraction of sp³-hybridized carbons (Fsp3) is 0.731. The van der Waals surface area contributed by atoms with E-state index in [9.17, 15) is 23.9 Å². The van der Waals surface area contributed by atoms with Gasteiger partial charge in [0.1, 0.15) is 6.17 Å². The number of halogens is 3. The van der Waals surface area contributed by atoms with Crippen LogP contribution in [-0.2, 0) is 19.1 Å². The Labute approximate surface area is 203 Å². The standard InChI is InChI=1S/C26H33ClF2O5/c1-5-6-20(33)34-26(19(32)12-27)13(2)9-15-14-10-16(28)22-23(29)17(30)7-8-24(22,3)21(14)18(31)11-25(15,26)4/h7-8,13-16,18,21,31H,5-6,9-12H2,1-4H3/t13-,14-,15-,16-,18-,21+,24+,25-,26-/m0/s1. The summed E-state index contributed by atoms with van der Waals surface area (Å²) in [6.45, 7) is 7.20. The minimum atomic E-state index is -1.69. The van der Waals surface area contributed by atoms with Crippen molar-refractivity contribution in [2.24, 2.45) is 34.5 Å². The second-order valence-electron chi connectivity index (χ2n) is 11.0. The van der Waals surface area contributed by atoms with Crippen LogP contribution in [0.15, 0.2) is 23.6 Å². The zero-order valence-electron chi connectivity index (χ0n) is 20.1. The molecule has 0 spiro atoms. The summed E-state index contributed by atoms with van der Waals surface area (Å²) in [4.78, 5) is 38.0. The number of hydrogen-bond acceptors (Lipinski definition) is 5. The maximum Gasteiger partial charge on any atom is 0.306 e. The SMILES string of the molecule is CCCC(=O)O[C@]1(C(=O)CCl)[C@@H](C)C[C@H]2[C@@H]3C[C@H](F)C4=C(F)C(=O)C=C[C@]4(C)[C@H]3[C@@H](O)C[C@@]21C. The minimum absolute atomic E-state index is 0.0672. The Balaban J connectivity index is 1.83. The van der Waals surface area contributed by atoms with Gasteiger partial charge in [-0.2, -0.15) is 0 Å². The number of carbonyl (C=O) groups is 3. The molecule has 188 valence electrons. The molecule has 0 saturated heterocycles. The van der Waals surface area contributed by atoms with Gasteiger partial charge in [0.05, 0.1) is 12.0 Å². The summed E-state index contributed by atoms with van der Waals surface area (Å²) in [5.41, 5.74) is -3.84. The third kappa shape index (κ3) is 3.22. The quantitative estimate of drug-likeness (QED) is 0.441. The number of fused-ring (bicyclic) bond motifs is 5. The van der Waals surface area contributed by atoms with Crippen molar-refractivity contribution in [3.8, 4) is 0 Å². The maximum atomic E-state index is 15.6. The summed E-state index contributed by atoms with van der Waals surface area (Å²) in [7, 11) is 0. The number of aliphatic hydroxyl groups excluding tert-OH is 1. The first-order valence-electron chi connectivity index (χ1n) is 12.2. The zero-order chi connectivity index (χ0) is 25.2. The minimum Gasteiger partial charge on any atom is -0.450 e. The van der Waals surface area contributed by atoms with Crippen molar-refractivity contribution in [2.75, 3.05) is 5.88 Å². The molecule has 0 heterocycles. The van der Waals surface area contributed by atoms with Gasteiger partial charge < -0.3 is 9.84 Å². The smallest absolute Gasteiger partial charge is 0.306 e. The Kier molecular flexibility index (Phi) is 6.38. The van der Waals surface area contributed by atoms with Gasteiger partial charge in [-0.3, -0.25) is 14.4 Å². The summed E-state index contributed by atoms with van der Waals surface area (Å²) in [6.07, 6.45) is 1.18. The van der Waals surface area contributed by atoms with Gasteiger partial charge in [-0.15, -0.1) is 11.6 Å². The Morgan fingerprint density at radius 3 is 2.59 bits per heavy atom. The summed E-state index contributed by atoms with van der Waals surface area (Å²) in [5.74, 6) is -4.76. The number of ether oxygens (including phenoxy) is 1. The number of rotatable bonds is 5. The highest BCUT2D eigenvalue weighted by Gasteiger charge is 2.73. The molecule has 4 aliphatic carbocycles. The molecule has 8 heteroatoms. The van der Waals surface area contributed by atoms with Crippen molar-refractivity contribution in [1.82, 2.24) is 0 Å². The van der Waals surface area contributed by atoms with Crippen molar-refractivity contribution >= 4 is 29.1 Å². The van der Waals surface area contributed by atoms with Gasteiger partial charge in [-0.05, 0) is 43.6 Å².